The molecule has 0 fully saturated rings. The summed E-state index contributed by atoms with van der Waals surface area (Å²) in [5, 5.41) is 2.21. The number of benzene rings is 2. The first-order valence-corrected chi connectivity index (χ1v) is 8.09. The number of carbonyl (C=O) groups is 1. The van der Waals surface area contributed by atoms with E-state index in [-0.39, 0.29) is 10.6 Å². The Balaban J connectivity index is 2.09. The molecule has 122 valence electrons. The predicted octanol–water partition coefficient (Wildman–Crippen LogP) is 2.39. The first-order chi connectivity index (χ1) is 10.8. The van der Waals surface area contributed by atoms with Crippen molar-refractivity contribution in [1.82, 2.24) is 0 Å². The van der Waals surface area contributed by atoms with E-state index in [1.165, 1.54) is 31.4 Å². The molecule has 0 spiro atoms. The molecule has 0 saturated carbocycles. The average molecular weight is 341 g/mol. The van der Waals surface area contributed by atoms with Crippen LogP contribution < -0.4 is 10.1 Å². The minimum absolute atomic E-state index is 0.0289. The molecule has 5 nitrogen and oxygen atoms in total. The highest BCUT2D eigenvalue weighted by Crippen LogP contribution is 2.18. The minimum atomic E-state index is -3.86. The Bertz CT molecular complexity index is 820. The van der Waals surface area contributed by atoms with Crippen molar-refractivity contribution in [3.05, 3.63) is 54.1 Å². The van der Waals surface area contributed by atoms with Crippen LogP contribution in [-0.4, -0.2) is 27.2 Å². The summed E-state index contributed by atoms with van der Waals surface area (Å²) < 4.78 is 55.0. The van der Waals surface area contributed by atoms with Gasteiger partial charge in [-0.25, -0.2) is 17.2 Å². The number of rotatable bonds is 5. The maximum atomic E-state index is 13.0. The van der Waals surface area contributed by atoms with Crippen molar-refractivity contribution in [3.8, 4) is 5.75 Å². The van der Waals surface area contributed by atoms with Gasteiger partial charge < -0.3 is 10.1 Å². The summed E-state index contributed by atoms with van der Waals surface area (Å²) in [4.78, 5) is 11.7. The summed E-state index contributed by atoms with van der Waals surface area (Å²) in [5.41, 5.74) is -0.0289. The lowest BCUT2D eigenvalue weighted by Crippen LogP contribution is -2.23. The molecular weight excluding hydrogens is 328 g/mol. The zero-order valence-corrected chi connectivity index (χ0v) is 12.9. The van der Waals surface area contributed by atoms with Crippen molar-refractivity contribution >= 4 is 21.4 Å². The van der Waals surface area contributed by atoms with Gasteiger partial charge >= 0.3 is 0 Å². The van der Waals surface area contributed by atoms with Gasteiger partial charge in [0.15, 0.2) is 21.5 Å². The number of amides is 1. The van der Waals surface area contributed by atoms with Crippen molar-refractivity contribution in [1.29, 1.82) is 0 Å². The second-order valence-electron chi connectivity index (χ2n) is 4.61. The molecule has 1 amide bonds. The van der Waals surface area contributed by atoms with Crippen LogP contribution in [0, 0.1) is 11.6 Å². The summed E-state index contributed by atoms with van der Waals surface area (Å²) in [6, 6.07) is 8.30. The molecule has 0 aliphatic carbocycles. The number of methoxy groups -OCH3 is 1. The van der Waals surface area contributed by atoms with Crippen molar-refractivity contribution in [3.63, 3.8) is 0 Å². The van der Waals surface area contributed by atoms with Crippen LogP contribution in [0.4, 0.5) is 14.5 Å². The smallest absolute Gasteiger partial charge is 0.239 e. The molecule has 2 aromatic rings. The predicted molar refractivity (Wildman–Crippen MR) is 80.0 cm³/mol. The van der Waals surface area contributed by atoms with Crippen molar-refractivity contribution in [2.45, 2.75) is 4.90 Å². The minimum Gasteiger partial charge on any atom is -0.497 e. The van der Waals surface area contributed by atoms with Gasteiger partial charge in [-0.1, -0.05) is 0 Å². The number of hydrogen-bond donors (Lipinski definition) is 1. The highest BCUT2D eigenvalue weighted by molar-refractivity contribution is 7.92. The van der Waals surface area contributed by atoms with Crippen LogP contribution in [-0.2, 0) is 14.6 Å². The molecule has 2 rings (SSSR count). The second kappa shape index (κ2) is 6.74. The number of anilines is 1. The number of carbonyl (C=O) groups excluding carboxylic acids is 1. The number of sulfone groups is 1. The molecule has 0 aliphatic heterocycles. The summed E-state index contributed by atoms with van der Waals surface area (Å²) in [6.07, 6.45) is 0. The van der Waals surface area contributed by atoms with Gasteiger partial charge in [-0.05, 0) is 36.4 Å². The van der Waals surface area contributed by atoms with E-state index < -0.39 is 33.1 Å². The van der Waals surface area contributed by atoms with Crippen LogP contribution in [0.25, 0.3) is 0 Å². The Morgan fingerprint density at radius 3 is 2.30 bits per heavy atom. The van der Waals surface area contributed by atoms with E-state index in [1.807, 2.05) is 0 Å². The third kappa shape index (κ3) is 4.26. The van der Waals surface area contributed by atoms with Gasteiger partial charge in [-0.15, -0.1) is 0 Å². The van der Waals surface area contributed by atoms with Crippen LogP contribution in [0.3, 0.4) is 0 Å². The largest absolute Gasteiger partial charge is 0.497 e. The maximum Gasteiger partial charge on any atom is 0.239 e. The molecular formula is C15H13F2NO4S. The van der Waals surface area contributed by atoms with Gasteiger partial charge in [0.2, 0.25) is 5.91 Å². The van der Waals surface area contributed by atoms with Crippen LogP contribution in [0.2, 0.25) is 0 Å². The summed E-state index contributed by atoms with van der Waals surface area (Å²) >= 11 is 0. The fraction of sp³-hybridized carbons (Fsp3) is 0.133. The highest BCUT2D eigenvalue weighted by atomic mass is 32.2. The van der Waals surface area contributed by atoms with Crippen LogP contribution >= 0.6 is 0 Å². The normalized spacial score (nSPS) is 11.1. The zero-order chi connectivity index (χ0) is 17.0. The van der Waals surface area contributed by atoms with E-state index >= 15 is 0 Å². The van der Waals surface area contributed by atoms with Gasteiger partial charge in [0.1, 0.15) is 11.5 Å². The Hall–Kier alpha value is -2.48. The molecule has 0 aliphatic rings. The maximum absolute atomic E-state index is 13.0. The standard InChI is InChI=1S/C15H13F2NO4S/c1-22-11-3-5-12(6-4-11)23(20,21)9-15(19)18-10-2-7-13(16)14(17)8-10/h2-8H,9H2,1H3,(H,18,19). The van der Waals surface area contributed by atoms with Crippen molar-refractivity contribution in [2.24, 2.45) is 0 Å². The van der Waals surface area contributed by atoms with Gasteiger partial charge in [0, 0.05) is 11.8 Å². The van der Waals surface area contributed by atoms with E-state index in [1.54, 1.807) is 0 Å². The summed E-state index contributed by atoms with van der Waals surface area (Å²) in [7, 11) is -2.42. The van der Waals surface area contributed by atoms with E-state index in [0.29, 0.717) is 5.75 Å². The lowest BCUT2D eigenvalue weighted by molar-refractivity contribution is -0.113. The van der Waals surface area contributed by atoms with E-state index in [2.05, 4.69) is 5.32 Å². The molecule has 0 unspecified atom stereocenters. The van der Waals surface area contributed by atoms with Gasteiger partial charge in [-0.3, -0.25) is 4.79 Å². The highest BCUT2D eigenvalue weighted by Gasteiger charge is 2.19. The molecule has 0 bridgehead atoms. The average Bonchev–Trinajstić information content (AvgIpc) is 2.50. The molecule has 0 saturated heterocycles. The molecule has 0 heterocycles. The number of ether oxygens (including phenoxy) is 1. The summed E-state index contributed by atoms with van der Waals surface area (Å²) in [5.74, 6) is -3.39. The van der Waals surface area contributed by atoms with Crippen LogP contribution in [0.1, 0.15) is 0 Å². The molecule has 23 heavy (non-hydrogen) atoms. The molecule has 0 radical (unpaired) electrons. The van der Waals surface area contributed by atoms with Gasteiger partial charge in [0.25, 0.3) is 0 Å². The van der Waals surface area contributed by atoms with Gasteiger partial charge in [-0.2, -0.15) is 0 Å². The van der Waals surface area contributed by atoms with Gasteiger partial charge in [0.05, 0.1) is 12.0 Å². The Kier molecular flexibility index (Phi) is 4.95. The lowest BCUT2D eigenvalue weighted by Gasteiger charge is -2.07. The summed E-state index contributed by atoms with van der Waals surface area (Å²) in [6.45, 7) is 0. The third-order valence-electron chi connectivity index (χ3n) is 2.94. The fourth-order valence-electron chi connectivity index (χ4n) is 1.81. The quantitative estimate of drug-likeness (QED) is 0.906. The number of nitrogens with one attached hydrogen (secondary N) is 1. The Morgan fingerprint density at radius 1 is 1.09 bits per heavy atom. The SMILES string of the molecule is COc1ccc(S(=O)(=O)CC(=O)Nc2ccc(F)c(F)c2)cc1. The lowest BCUT2D eigenvalue weighted by atomic mass is 10.3. The molecule has 2 aromatic carbocycles. The molecule has 1 N–H and O–H groups in total. The van der Waals surface area contributed by atoms with E-state index in [0.717, 1.165) is 18.2 Å². The van der Waals surface area contributed by atoms with Crippen LogP contribution in [0.15, 0.2) is 47.4 Å². The number of halogens is 2. The first kappa shape index (κ1) is 16.9. The third-order valence-corrected chi connectivity index (χ3v) is 4.58. The van der Waals surface area contributed by atoms with Crippen molar-refractivity contribution < 1.29 is 26.7 Å². The van der Waals surface area contributed by atoms with Crippen LogP contribution in [0.5, 0.6) is 5.75 Å². The number of hydrogen-bond acceptors (Lipinski definition) is 4. The zero-order valence-electron chi connectivity index (χ0n) is 12.0. The molecule has 0 atom stereocenters. The topological polar surface area (TPSA) is 72.5 Å². The Morgan fingerprint density at radius 2 is 1.74 bits per heavy atom. The van der Waals surface area contributed by atoms with E-state index in [9.17, 15) is 22.0 Å². The monoisotopic (exact) mass is 341 g/mol. The fourth-order valence-corrected chi connectivity index (χ4v) is 2.94. The second-order valence-corrected chi connectivity index (χ2v) is 6.60. The molecule has 0 aromatic heterocycles. The molecule has 8 heteroatoms. The first-order valence-electron chi connectivity index (χ1n) is 6.43. The van der Waals surface area contributed by atoms with E-state index in [4.69, 9.17) is 4.74 Å². The van der Waals surface area contributed by atoms with Crippen molar-refractivity contribution in [2.75, 3.05) is 18.2 Å². The Labute approximate surface area is 131 Å².